The van der Waals surface area contributed by atoms with Gasteiger partial charge < -0.3 is 19.4 Å². The van der Waals surface area contributed by atoms with E-state index in [2.05, 4.69) is 0 Å². The molecule has 0 aliphatic rings. The van der Waals surface area contributed by atoms with Gasteiger partial charge in [0.25, 0.3) is 0 Å². The topological polar surface area (TPSA) is 79.9 Å². The van der Waals surface area contributed by atoms with E-state index in [4.69, 9.17) is 9.15 Å². The van der Waals surface area contributed by atoms with Crippen molar-refractivity contribution in [2.45, 2.75) is 13.2 Å². The minimum absolute atomic E-state index is 0.221. The number of ether oxygens (including phenoxy) is 1. The third-order valence-corrected chi connectivity index (χ3v) is 2.59. The fraction of sp³-hybridized carbons (Fsp3) is 0.250. The highest BCUT2D eigenvalue weighted by molar-refractivity contribution is 5.85. The zero-order valence-corrected chi connectivity index (χ0v) is 9.27. The second-order valence-corrected chi connectivity index (χ2v) is 3.54. The number of aliphatic hydroxyl groups is 2. The van der Waals surface area contributed by atoms with Crippen molar-refractivity contribution < 1.29 is 19.4 Å². The average molecular weight is 236 g/mol. The van der Waals surface area contributed by atoms with Crippen molar-refractivity contribution in [3.8, 4) is 5.75 Å². The molecule has 0 spiro atoms. The van der Waals surface area contributed by atoms with E-state index in [1.165, 1.54) is 13.2 Å². The van der Waals surface area contributed by atoms with Crippen molar-refractivity contribution in [2.24, 2.45) is 0 Å². The molecular formula is C12H12O5. The van der Waals surface area contributed by atoms with Gasteiger partial charge in [-0.3, -0.25) is 0 Å². The Hall–Kier alpha value is -1.85. The van der Waals surface area contributed by atoms with Gasteiger partial charge in [0.2, 0.25) is 0 Å². The van der Waals surface area contributed by atoms with Gasteiger partial charge >= 0.3 is 5.63 Å². The standard InChI is InChI=1S/C12H12O5/c1-16-12-9(6-14)8(5-13)4-7-2-3-10(15)17-11(7)12/h2-4,13-14H,5-6H2,1H3. The molecule has 0 fully saturated rings. The second-order valence-electron chi connectivity index (χ2n) is 3.54. The van der Waals surface area contributed by atoms with Crippen LogP contribution < -0.4 is 10.4 Å². The lowest BCUT2D eigenvalue weighted by Gasteiger charge is -2.12. The summed E-state index contributed by atoms with van der Waals surface area (Å²) in [6, 6.07) is 4.54. The molecule has 5 nitrogen and oxygen atoms in total. The second kappa shape index (κ2) is 4.57. The third-order valence-electron chi connectivity index (χ3n) is 2.59. The van der Waals surface area contributed by atoms with Gasteiger partial charge in [-0.15, -0.1) is 0 Å². The predicted octanol–water partition coefficient (Wildman–Crippen LogP) is 0.786. The van der Waals surface area contributed by atoms with Gasteiger partial charge in [-0.05, 0) is 17.7 Å². The maximum Gasteiger partial charge on any atom is 0.336 e. The van der Waals surface area contributed by atoms with Gasteiger partial charge in [0.05, 0.1) is 20.3 Å². The molecule has 2 aromatic rings. The number of methoxy groups -OCH3 is 1. The molecule has 0 unspecified atom stereocenters. The highest BCUT2D eigenvalue weighted by Crippen LogP contribution is 2.32. The SMILES string of the molecule is COc1c(CO)c(CO)cc2ccc(=O)oc12. The summed E-state index contributed by atoms with van der Waals surface area (Å²) < 4.78 is 10.2. The molecule has 0 aliphatic heterocycles. The first kappa shape index (κ1) is 11.6. The Morgan fingerprint density at radius 1 is 1.29 bits per heavy atom. The number of hydrogen-bond donors (Lipinski definition) is 2. The summed E-state index contributed by atoms with van der Waals surface area (Å²) in [6.45, 7) is -0.519. The van der Waals surface area contributed by atoms with E-state index in [1.807, 2.05) is 0 Å². The molecule has 0 bridgehead atoms. The first-order chi connectivity index (χ1) is 8.21. The van der Waals surface area contributed by atoms with Gasteiger partial charge in [-0.25, -0.2) is 4.79 Å². The normalized spacial score (nSPS) is 10.8. The van der Waals surface area contributed by atoms with E-state index in [1.54, 1.807) is 12.1 Å². The zero-order valence-electron chi connectivity index (χ0n) is 9.27. The van der Waals surface area contributed by atoms with Crippen LogP contribution in [0.3, 0.4) is 0 Å². The Bertz CT molecular complexity index is 600. The molecular weight excluding hydrogens is 224 g/mol. The summed E-state index contributed by atoms with van der Waals surface area (Å²) in [4.78, 5) is 11.2. The van der Waals surface area contributed by atoms with Crippen LogP contribution in [-0.2, 0) is 13.2 Å². The van der Waals surface area contributed by atoms with Crippen LogP contribution in [0.15, 0.2) is 27.4 Å². The Kier molecular flexibility index (Phi) is 3.12. The van der Waals surface area contributed by atoms with Crippen molar-refractivity contribution in [3.05, 3.63) is 39.7 Å². The Morgan fingerprint density at radius 3 is 2.65 bits per heavy atom. The fourth-order valence-electron chi connectivity index (χ4n) is 1.81. The molecule has 1 aromatic heterocycles. The summed E-state index contributed by atoms with van der Waals surface area (Å²) >= 11 is 0. The van der Waals surface area contributed by atoms with Gasteiger partial charge in [0.15, 0.2) is 11.3 Å². The zero-order chi connectivity index (χ0) is 12.4. The van der Waals surface area contributed by atoms with Crippen LogP contribution in [-0.4, -0.2) is 17.3 Å². The highest BCUT2D eigenvalue weighted by Gasteiger charge is 2.15. The van der Waals surface area contributed by atoms with Crippen molar-refractivity contribution in [2.75, 3.05) is 7.11 Å². The summed E-state index contributed by atoms with van der Waals surface area (Å²) in [7, 11) is 1.42. The minimum Gasteiger partial charge on any atom is -0.492 e. The molecule has 1 heterocycles. The molecule has 1 aromatic carbocycles. The quantitative estimate of drug-likeness (QED) is 0.770. The molecule has 0 aliphatic carbocycles. The van der Waals surface area contributed by atoms with Gasteiger partial charge in [0.1, 0.15) is 0 Å². The van der Waals surface area contributed by atoms with Gasteiger partial charge in [-0.1, -0.05) is 0 Å². The average Bonchev–Trinajstić information content (AvgIpc) is 2.36. The number of aliphatic hydroxyl groups excluding tert-OH is 2. The number of benzene rings is 1. The summed E-state index contributed by atoms with van der Waals surface area (Å²) in [6.07, 6.45) is 0. The molecule has 0 saturated carbocycles. The number of rotatable bonds is 3. The van der Waals surface area contributed by atoms with Crippen LogP contribution in [0.25, 0.3) is 11.0 Å². The fourth-order valence-corrected chi connectivity index (χ4v) is 1.81. The van der Waals surface area contributed by atoms with E-state index in [0.29, 0.717) is 16.5 Å². The van der Waals surface area contributed by atoms with Crippen molar-refractivity contribution in [1.82, 2.24) is 0 Å². The molecule has 5 heteroatoms. The van der Waals surface area contributed by atoms with E-state index in [9.17, 15) is 15.0 Å². The van der Waals surface area contributed by atoms with Crippen LogP contribution in [0.5, 0.6) is 5.75 Å². The summed E-state index contributed by atoms with van der Waals surface area (Å²) in [5.74, 6) is 0.284. The van der Waals surface area contributed by atoms with E-state index >= 15 is 0 Å². The highest BCUT2D eigenvalue weighted by atomic mass is 16.5. The summed E-state index contributed by atoms with van der Waals surface area (Å²) in [5, 5.41) is 19.1. The molecule has 2 rings (SSSR count). The van der Waals surface area contributed by atoms with Crippen LogP contribution >= 0.6 is 0 Å². The van der Waals surface area contributed by atoms with Crippen molar-refractivity contribution >= 4 is 11.0 Å². The maximum absolute atomic E-state index is 11.2. The Morgan fingerprint density at radius 2 is 2.06 bits per heavy atom. The molecule has 2 N–H and O–H groups in total. The van der Waals surface area contributed by atoms with Crippen LogP contribution in [0.1, 0.15) is 11.1 Å². The Labute approximate surface area is 96.9 Å². The molecule has 0 amide bonds. The lowest BCUT2D eigenvalue weighted by molar-refractivity contribution is 0.254. The van der Waals surface area contributed by atoms with E-state index in [0.717, 1.165) is 0 Å². The maximum atomic E-state index is 11.2. The predicted molar refractivity (Wildman–Crippen MR) is 60.9 cm³/mol. The van der Waals surface area contributed by atoms with E-state index < -0.39 is 5.63 Å². The summed E-state index contributed by atoms with van der Waals surface area (Å²) in [5.41, 5.74) is 0.764. The lowest BCUT2D eigenvalue weighted by Crippen LogP contribution is -2.02. The van der Waals surface area contributed by atoms with Crippen molar-refractivity contribution in [1.29, 1.82) is 0 Å². The van der Waals surface area contributed by atoms with Gasteiger partial charge in [-0.2, -0.15) is 0 Å². The number of fused-ring (bicyclic) bond motifs is 1. The van der Waals surface area contributed by atoms with Gasteiger partial charge in [0, 0.05) is 17.0 Å². The van der Waals surface area contributed by atoms with Crippen molar-refractivity contribution in [3.63, 3.8) is 0 Å². The molecule has 0 radical (unpaired) electrons. The molecule has 0 atom stereocenters. The molecule has 90 valence electrons. The van der Waals surface area contributed by atoms with Crippen LogP contribution in [0.2, 0.25) is 0 Å². The first-order valence-corrected chi connectivity index (χ1v) is 5.05. The van der Waals surface area contributed by atoms with Crippen LogP contribution in [0, 0.1) is 0 Å². The third kappa shape index (κ3) is 1.90. The molecule has 17 heavy (non-hydrogen) atoms. The number of hydrogen-bond acceptors (Lipinski definition) is 5. The first-order valence-electron chi connectivity index (χ1n) is 5.05. The van der Waals surface area contributed by atoms with Crippen LogP contribution in [0.4, 0.5) is 0 Å². The lowest BCUT2D eigenvalue weighted by atomic mass is 10.0. The monoisotopic (exact) mass is 236 g/mol. The molecule has 0 saturated heterocycles. The smallest absolute Gasteiger partial charge is 0.336 e. The minimum atomic E-state index is -0.489. The largest absolute Gasteiger partial charge is 0.492 e. The van der Waals surface area contributed by atoms with E-state index in [-0.39, 0.29) is 24.5 Å². The Balaban J connectivity index is 2.89.